The Balaban J connectivity index is 2.36. The highest BCUT2D eigenvalue weighted by atomic mass is 16.1. The molecule has 0 saturated heterocycles. The Bertz CT molecular complexity index is 240. The van der Waals surface area contributed by atoms with Crippen LogP contribution in [0.25, 0.3) is 0 Å². The van der Waals surface area contributed by atoms with Crippen LogP contribution >= 0.6 is 0 Å². The van der Waals surface area contributed by atoms with E-state index in [1.54, 1.807) is 12.5 Å². The van der Waals surface area contributed by atoms with Gasteiger partial charge in [-0.25, -0.2) is 0 Å². The molecular formula is C16H28O. The van der Waals surface area contributed by atoms with E-state index in [4.69, 9.17) is 0 Å². The second-order valence-corrected chi connectivity index (χ2v) is 5.43. The minimum absolute atomic E-state index is 0.331. The van der Waals surface area contributed by atoms with Gasteiger partial charge in [0.15, 0.2) is 0 Å². The van der Waals surface area contributed by atoms with E-state index in [-0.39, 0.29) is 0 Å². The Labute approximate surface area is 107 Å². The fraction of sp³-hybridized carbons (Fsp3) is 0.812. The molecule has 1 aliphatic carbocycles. The Kier molecular flexibility index (Phi) is 8.04. The second kappa shape index (κ2) is 9.44. The van der Waals surface area contributed by atoms with Crippen molar-refractivity contribution in [3.05, 3.63) is 11.6 Å². The van der Waals surface area contributed by atoms with Crippen LogP contribution in [0.3, 0.4) is 0 Å². The molecule has 0 aromatic rings. The number of allylic oxidation sites excluding steroid dienone is 2. The number of carbonyl (C=O) groups is 1. The molecule has 0 N–H and O–H groups in total. The Hall–Kier alpha value is -0.590. The van der Waals surface area contributed by atoms with Gasteiger partial charge in [0.2, 0.25) is 0 Å². The van der Waals surface area contributed by atoms with E-state index in [2.05, 4.69) is 6.08 Å². The van der Waals surface area contributed by atoms with Gasteiger partial charge in [-0.05, 0) is 39.0 Å². The lowest BCUT2D eigenvalue weighted by Crippen LogP contribution is -1.94. The van der Waals surface area contributed by atoms with Crippen molar-refractivity contribution < 1.29 is 4.79 Å². The van der Waals surface area contributed by atoms with Crippen molar-refractivity contribution in [3.63, 3.8) is 0 Å². The van der Waals surface area contributed by atoms with Gasteiger partial charge in [-0.2, -0.15) is 0 Å². The fourth-order valence-electron chi connectivity index (χ4n) is 2.53. The molecule has 1 nitrogen and oxygen atoms in total. The zero-order chi connectivity index (χ0) is 12.3. The molecule has 0 fully saturated rings. The van der Waals surface area contributed by atoms with Gasteiger partial charge in [-0.1, -0.05) is 50.2 Å². The van der Waals surface area contributed by atoms with Gasteiger partial charge < -0.3 is 4.79 Å². The molecule has 0 bridgehead atoms. The molecule has 0 amide bonds. The summed E-state index contributed by atoms with van der Waals surface area (Å²) in [6.07, 6.45) is 17.7. The van der Waals surface area contributed by atoms with Crippen molar-refractivity contribution in [2.45, 2.75) is 84.0 Å². The molecule has 0 aliphatic heterocycles. The fourth-order valence-corrected chi connectivity index (χ4v) is 2.53. The molecule has 0 heterocycles. The summed E-state index contributed by atoms with van der Waals surface area (Å²) < 4.78 is 0. The predicted molar refractivity (Wildman–Crippen MR) is 74.2 cm³/mol. The van der Waals surface area contributed by atoms with E-state index >= 15 is 0 Å². The molecule has 0 aromatic carbocycles. The summed E-state index contributed by atoms with van der Waals surface area (Å²) in [5.74, 6) is 0.331. The average molecular weight is 236 g/mol. The maximum absolute atomic E-state index is 11.0. The number of ketones is 1. The smallest absolute Gasteiger partial charge is 0.130 e. The topological polar surface area (TPSA) is 17.1 Å². The van der Waals surface area contributed by atoms with Crippen molar-refractivity contribution in [2.24, 2.45) is 0 Å². The number of rotatable bonds is 3. The summed E-state index contributed by atoms with van der Waals surface area (Å²) in [5, 5.41) is 0. The zero-order valence-corrected chi connectivity index (χ0v) is 11.5. The second-order valence-electron chi connectivity index (χ2n) is 5.43. The SMILES string of the molecule is CC(=O)CC/C1=C\CCCCCCCCCC1. The maximum atomic E-state index is 11.0. The predicted octanol–water partition coefficient (Wildman–Crippen LogP) is 5.20. The lowest BCUT2D eigenvalue weighted by Gasteiger charge is -2.09. The van der Waals surface area contributed by atoms with Crippen molar-refractivity contribution >= 4 is 5.78 Å². The number of carbonyl (C=O) groups excluding carboxylic acids is 1. The van der Waals surface area contributed by atoms with E-state index in [9.17, 15) is 4.79 Å². The van der Waals surface area contributed by atoms with Crippen LogP contribution in [0.4, 0.5) is 0 Å². The normalized spacial score (nSPS) is 23.0. The van der Waals surface area contributed by atoms with Gasteiger partial charge in [-0.15, -0.1) is 0 Å². The van der Waals surface area contributed by atoms with Crippen LogP contribution in [0, 0.1) is 0 Å². The van der Waals surface area contributed by atoms with Crippen molar-refractivity contribution in [3.8, 4) is 0 Å². The third-order valence-electron chi connectivity index (χ3n) is 3.68. The highest BCUT2D eigenvalue weighted by Gasteiger charge is 2.02. The molecule has 1 aliphatic rings. The molecule has 0 saturated carbocycles. The van der Waals surface area contributed by atoms with E-state index in [0.29, 0.717) is 5.78 Å². The minimum Gasteiger partial charge on any atom is -0.300 e. The van der Waals surface area contributed by atoms with Gasteiger partial charge >= 0.3 is 0 Å². The summed E-state index contributed by atoms with van der Waals surface area (Å²) in [7, 11) is 0. The summed E-state index contributed by atoms with van der Waals surface area (Å²) >= 11 is 0. The standard InChI is InChI=1S/C16H28O/c1-15(17)13-14-16-11-9-7-5-3-2-4-6-8-10-12-16/h11H,2-10,12-14H2,1H3/b16-11-. The van der Waals surface area contributed by atoms with Crippen LogP contribution in [0.1, 0.15) is 84.0 Å². The minimum atomic E-state index is 0.331. The first-order chi connectivity index (χ1) is 8.29. The Morgan fingerprint density at radius 3 is 2.24 bits per heavy atom. The third-order valence-corrected chi connectivity index (χ3v) is 3.68. The van der Waals surface area contributed by atoms with Crippen LogP contribution in [-0.4, -0.2) is 5.78 Å². The van der Waals surface area contributed by atoms with Crippen LogP contribution in [0.5, 0.6) is 0 Å². The zero-order valence-electron chi connectivity index (χ0n) is 11.5. The van der Waals surface area contributed by atoms with Gasteiger partial charge in [-0.3, -0.25) is 0 Å². The van der Waals surface area contributed by atoms with Crippen LogP contribution in [0.15, 0.2) is 11.6 Å². The Morgan fingerprint density at radius 1 is 1.00 bits per heavy atom. The lowest BCUT2D eigenvalue weighted by molar-refractivity contribution is -0.116. The van der Waals surface area contributed by atoms with E-state index in [1.165, 1.54) is 64.2 Å². The highest BCUT2D eigenvalue weighted by Crippen LogP contribution is 2.19. The largest absolute Gasteiger partial charge is 0.300 e. The van der Waals surface area contributed by atoms with Gasteiger partial charge in [0, 0.05) is 6.42 Å². The van der Waals surface area contributed by atoms with Crippen LogP contribution in [0.2, 0.25) is 0 Å². The van der Waals surface area contributed by atoms with Gasteiger partial charge in [0.1, 0.15) is 5.78 Å². The molecule has 0 spiro atoms. The maximum Gasteiger partial charge on any atom is 0.130 e. The molecule has 0 unspecified atom stereocenters. The Morgan fingerprint density at radius 2 is 1.59 bits per heavy atom. The average Bonchev–Trinajstić information content (AvgIpc) is 2.28. The van der Waals surface area contributed by atoms with Crippen molar-refractivity contribution in [1.82, 2.24) is 0 Å². The van der Waals surface area contributed by atoms with E-state index in [0.717, 1.165) is 12.8 Å². The van der Waals surface area contributed by atoms with Gasteiger partial charge in [0.25, 0.3) is 0 Å². The van der Waals surface area contributed by atoms with E-state index in [1.807, 2.05) is 0 Å². The summed E-state index contributed by atoms with van der Waals surface area (Å²) in [5.41, 5.74) is 1.54. The number of Topliss-reactive ketones (excluding diaryl/α,β-unsaturated/α-hetero) is 1. The van der Waals surface area contributed by atoms with Crippen LogP contribution < -0.4 is 0 Å². The molecular weight excluding hydrogens is 208 g/mol. The number of hydrogen-bond acceptors (Lipinski definition) is 1. The quantitative estimate of drug-likeness (QED) is 0.616. The number of hydrogen-bond donors (Lipinski definition) is 0. The summed E-state index contributed by atoms with van der Waals surface area (Å²) in [6, 6.07) is 0. The molecule has 0 radical (unpaired) electrons. The molecule has 17 heavy (non-hydrogen) atoms. The van der Waals surface area contributed by atoms with Crippen molar-refractivity contribution in [2.75, 3.05) is 0 Å². The monoisotopic (exact) mass is 236 g/mol. The molecule has 1 rings (SSSR count). The van der Waals surface area contributed by atoms with Crippen LogP contribution in [-0.2, 0) is 4.79 Å². The van der Waals surface area contributed by atoms with E-state index < -0.39 is 0 Å². The summed E-state index contributed by atoms with van der Waals surface area (Å²) in [4.78, 5) is 11.0. The lowest BCUT2D eigenvalue weighted by atomic mass is 9.97. The first-order valence-corrected chi connectivity index (χ1v) is 7.46. The van der Waals surface area contributed by atoms with Gasteiger partial charge in [0.05, 0.1) is 0 Å². The first-order valence-electron chi connectivity index (χ1n) is 7.46. The molecule has 0 atom stereocenters. The molecule has 98 valence electrons. The summed E-state index contributed by atoms with van der Waals surface area (Å²) in [6.45, 7) is 1.70. The van der Waals surface area contributed by atoms with Crippen molar-refractivity contribution in [1.29, 1.82) is 0 Å². The first kappa shape index (κ1) is 14.5. The molecule has 0 aromatic heterocycles. The molecule has 1 heteroatoms. The third kappa shape index (κ3) is 8.18. The highest BCUT2D eigenvalue weighted by molar-refractivity contribution is 5.75.